The Balaban J connectivity index is 2.86. The number of hydrogen-bond donors (Lipinski definition) is 0. The minimum absolute atomic E-state index is 1.04. The molecule has 0 aromatic heterocycles. The quantitative estimate of drug-likeness (QED) is 0.589. The molecule has 0 fully saturated rings. The molecule has 1 aromatic rings. The predicted octanol–water partition coefficient (Wildman–Crippen LogP) is 3.67. The monoisotopic (exact) mass is 158 g/mol. The van der Waals surface area contributed by atoms with Crippen molar-refractivity contribution < 1.29 is 0 Å². The van der Waals surface area contributed by atoms with E-state index < -0.39 is 0 Å². The SMILES string of the molecule is C=CC(=Cc1ccccc1)CC. The van der Waals surface area contributed by atoms with Gasteiger partial charge in [-0.15, -0.1) is 0 Å². The Labute approximate surface area is 74.2 Å². The molecule has 0 bridgehead atoms. The summed E-state index contributed by atoms with van der Waals surface area (Å²) in [6.07, 6.45) is 5.11. The first-order valence-corrected chi connectivity index (χ1v) is 4.25. The molecule has 0 atom stereocenters. The average molecular weight is 158 g/mol. The summed E-state index contributed by atoms with van der Waals surface area (Å²) in [5, 5.41) is 0. The normalized spacial score (nSPS) is 11.2. The van der Waals surface area contributed by atoms with Gasteiger partial charge in [0.2, 0.25) is 0 Å². The zero-order chi connectivity index (χ0) is 8.81. The van der Waals surface area contributed by atoms with Crippen molar-refractivity contribution in [1.82, 2.24) is 0 Å². The zero-order valence-corrected chi connectivity index (χ0v) is 7.46. The molecule has 62 valence electrons. The maximum absolute atomic E-state index is 3.76. The highest BCUT2D eigenvalue weighted by atomic mass is 13.9. The third-order valence-electron chi connectivity index (χ3n) is 1.82. The van der Waals surface area contributed by atoms with Gasteiger partial charge in [-0.1, -0.05) is 56.0 Å². The van der Waals surface area contributed by atoms with E-state index in [4.69, 9.17) is 0 Å². The van der Waals surface area contributed by atoms with Gasteiger partial charge in [0.05, 0.1) is 0 Å². The molecule has 0 aliphatic rings. The molecule has 0 heterocycles. The summed E-state index contributed by atoms with van der Waals surface area (Å²) in [5.41, 5.74) is 2.52. The lowest BCUT2D eigenvalue weighted by molar-refractivity contribution is 1.16. The first-order valence-electron chi connectivity index (χ1n) is 4.25. The molecule has 0 aliphatic carbocycles. The molecule has 0 saturated heterocycles. The van der Waals surface area contributed by atoms with Gasteiger partial charge in [0.1, 0.15) is 0 Å². The van der Waals surface area contributed by atoms with Crippen LogP contribution in [0.1, 0.15) is 18.9 Å². The van der Waals surface area contributed by atoms with Gasteiger partial charge in [-0.2, -0.15) is 0 Å². The van der Waals surface area contributed by atoms with Crippen molar-refractivity contribution in [3.8, 4) is 0 Å². The molecule has 0 unspecified atom stereocenters. The van der Waals surface area contributed by atoms with Crippen LogP contribution in [0.4, 0.5) is 0 Å². The lowest BCUT2D eigenvalue weighted by atomic mass is 10.1. The topological polar surface area (TPSA) is 0 Å². The van der Waals surface area contributed by atoms with Crippen molar-refractivity contribution in [1.29, 1.82) is 0 Å². The molecule has 0 heteroatoms. The smallest absolute Gasteiger partial charge is 0.0254 e. The Kier molecular flexibility index (Phi) is 3.34. The van der Waals surface area contributed by atoms with Crippen LogP contribution in [-0.2, 0) is 0 Å². The van der Waals surface area contributed by atoms with Crippen LogP contribution in [-0.4, -0.2) is 0 Å². The fourth-order valence-electron chi connectivity index (χ4n) is 1.07. The maximum atomic E-state index is 3.76. The van der Waals surface area contributed by atoms with E-state index in [2.05, 4.69) is 31.7 Å². The van der Waals surface area contributed by atoms with Crippen molar-refractivity contribution in [2.45, 2.75) is 13.3 Å². The van der Waals surface area contributed by atoms with Crippen molar-refractivity contribution in [3.63, 3.8) is 0 Å². The van der Waals surface area contributed by atoms with Gasteiger partial charge in [0.15, 0.2) is 0 Å². The second-order valence-electron chi connectivity index (χ2n) is 2.69. The Morgan fingerprint density at radius 1 is 1.33 bits per heavy atom. The summed E-state index contributed by atoms with van der Waals surface area (Å²) in [7, 11) is 0. The van der Waals surface area contributed by atoms with E-state index in [0.29, 0.717) is 0 Å². The Bertz CT molecular complexity index is 267. The summed E-state index contributed by atoms with van der Waals surface area (Å²) in [6.45, 7) is 5.90. The lowest BCUT2D eigenvalue weighted by Gasteiger charge is -1.96. The Morgan fingerprint density at radius 2 is 2.00 bits per heavy atom. The van der Waals surface area contributed by atoms with Crippen LogP contribution in [0, 0.1) is 0 Å². The van der Waals surface area contributed by atoms with Gasteiger partial charge < -0.3 is 0 Å². The van der Waals surface area contributed by atoms with E-state index in [1.807, 2.05) is 24.3 Å². The molecule has 0 spiro atoms. The number of rotatable bonds is 3. The second kappa shape index (κ2) is 4.55. The van der Waals surface area contributed by atoms with Gasteiger partial charge in [-0.05, 0) is 17.6 Å². The highest BCUT2D eigenvalue weighted by Gasteiger charge is 1.87. The molecule has 0 saturated carbocycles. The highest BCUT2D eigenvalue weighted by Crippen LogP contribution is 2.09. The van der Waals surface area contributed by atoms with Crippen LogP contribution in [0.15, 0.2) is 48.6 Å². The summed E-state index contributed by atoms with van der Waals surface area (Å²) in [4.78, 5) is 0. The summed E-state index contributed by atoms with van der Waals surface area (Å²) in [5.74, 6) is 0. The Morgan fingerprint density at radius 3 is 2.50 bits per heavy atom. The summed E-state index contributed by atoms with van der Waals surface area (Å²) < 4.78 is 0. The van der Waals surface area contributed by atoms with E-state index in [1.54, 1.807) is 0 Å². The van der Waals surface area contributed by atoms with Crippen LogP contribution < -0.4 is 0 Å². The molecule has 1 aromatic carbocycles. The van der Waals surface area contributed by atoms with E-state index in [-0.39, 0.29) is 0 Å². The first-order chi connectivity index (χ1) is 5.86. The molecule has 12 heavy (non-hydrogen) atoms. The van der Waals surface area contributed by atoms with Crippen molar-refractivity contribution in [2.24, 2.45) is 0 Å². The summed E-state index contributed by atoms with van der Waals surface area (Å²) >= 11 is 0. The van der Waals surface area contributed by atoms with Gasteiger partial charge in [-0.25, -0.2) is 0 Å². The van der Waals surface area contributed by atoms with E-state index in [1.165, 1.54) is 11.1 Å². The molecule has 0 radical (unpaired) electrons. The fraction of sp³-hybridized carbons (Fsp3) is 0.167. The molecular weight excluding hydrogens is 144 g/mol. The van der Waals surface area contributed by atoms with E-state index in [0.717, 1.165) is 6.42 Å². The van der Waals surface area contributed by atoms with Gasteiger partial charge in [0, 0.05) is 0 Å². The minimum Gasteiger partial charge on any atom is -0.0988 e. The lowest BCUT2D eigenvalue weighted by Crippen LogP contribution is -1.75. The van der Waals surface area contributed by atoms with E-state index in [9.17, 15) is 0 Å². The van der Waals surface area contributed by atoms with Gasteiger partial charge >= 0.3 is 0 Å². The second-order valence-corrected chi connectivity index (χ2v) is 2.69. The van der Waals surface area contributed by atoms with Crippen LogP contribution >= 0.6 is 0 Å². The molecule has 0 aliphatic heterocycles. The predicted molar refractivity (Wildman–Crippen MR) is 54.9 cm³/mol. The third-order valence-corrected chi connectivity index (χ3v) is 1.82. The summed E-state index contributed by atoms with van der Waals surface area (Å²) in [6, 6.07) is 10.3. The third kappa shape index (κ3) is 2.39. The molecule has 0 N–H and O–H groups in total. The first kappa shape index (κ1) is 8.79. The van der Waals surface area contributed by atoms with Crippen LogP contribution in [0.3, 0.4) is 0 Å². The fourth-order valence-corrected chi connectivity index (χ4v) is 1.07. The van der Waals surface area contributed by atoms with Crippen LogP contribution in [0.25, 0.3) is 6.08 Å². The molecular formula is C12H14. The largest absolute Gasteiger partial charge is 0.0988 e. The molecule has 0 amide bonds. The van der Waals surface area contributed by atoms with Gasteiger partial charge in [-0.3, -0.25) is 0 Å². The highest BCUT2D eigenvalue weighted by molar-refractivity contribution is 5.55. The van der Waals surface area contributed by atoms with Crippen LogP contribution in [0.5, 0.6) is 0 Å². The number of allylic oxidation sites excluding steroid dienone is 2. The molecule has 1 rings (SSSR count). The molecule has 0 nitrogen and oxygen atoms in total. The van der Waals surface area contributed by atoms with Crippen molar-refractivity contribution >= 4 is 6.08 Å². The van der Waals surface area contributed by atoms with Crippen molar-refractivity contribution in [2.75, 3.05) is 0 Å². The van der Waals surface area contributed by atoms with Crippen LogP contribution in [0.2, 0.25) is 0 Å². The minimum atomic E-state index is 1.04. The maximum Gasteiger partial charge on any atom is -0.0254 e. The zero-order valence-electron chi connectivity index (χ0n) is 7.46. The van der Waals surface area contributed by atoms with Crippen molar-refractivity contribution in [3.05, 3.63) is 54.1 Å². The van der Waals surface area contributed by atoms with Gasteiger partial charge in [0.25, 0.3) is 0 Å². The standard InChI is InChI=1S/C12H14/c1-3-11(4-2)10-12-8-6-5-7-9-12/h3,5-10H,1,4H2,2H3. The Hall–Kier alpha value is -1.30. The average Bonchev–Trinajstić information content (AvgIpc) is 2.16. The number of hydrogen-bond acceptors (Lipinski definition) is 0. The van der Waals surface area contributed by atoms with E-state index >= 15 is 0 Å². The number of benzene rings is 1.